The number of esters is 1. The van der Waals surface area contributed by atoms with E-state index in [2.05, 4.69) is 53.5 Å². The Morgan fingerprint density at radius 3 is 2.36 bits per heavy atom. The number of hydrogen-bond donors (Lipinski definition) is 1. The van der Waals surface area contributed by atoms with Gasteiger partial charge in [0.2, 0.25) is 0 Å². The molecule has 1 atom stereocenters. The number of ether oxygens (including phenoxy) is 1. The highest BCUT2D eigenvalue weighted by atomic mass is 16.6. The summed E-state index contributed by atoms with van der Waals surface area (Å²) in [5, 5.41) is 3.48. The molecule has 0 aliphatic carbocycles. The number of nitrogens with one attached hydrogen (secondary N) is 1. The molecule has 0 saturated carbocycles. The van der Waals surface area contributed by atoms with Gasteiger partial charge in [-0.3, -0.25) is 4.79 Å². The molecule has 0 aliphatic rings. The Kier molecular flexibility index (Phi) is 4.68. The number of aromatic nitrogens is 1. The molecule has 1 aromatic heterocycles. The highest BCUT2D eigenvalue weighted by Crippen LogP contribution is 2.35. The van der Waals surface area contributed by atoms with Crippen LogP contribution in [-0.4, -0.2) is 16.6 Å². The highest BCUT2D eigenvalue weighted by molar-refractivity contribution is 5.88. The average molecular weight is 371 g/mol. The van der Waals surface area contributed by atoms with Crippen LogP contribution in [0, 0.1) is 0 Å². The van der Waals surface area contributed by atoms with Crippen LogP contribution in [0.2, 0.25) is 0 Å². The number of para-hydroxylation sites is 1. The van der Waals surface area contributed by atoms with Crippen molar-refractivity contribution in [2.45, 2.75) is 38.7 Å². The van der Waals surface area contributed by atoms with Crippen molar-refractivity contribution in [1.82, 2.24) is 4.98 Å². The zero-order valence-electron chi connectivity index (χ0n) is 16.5. The highest BCUT2D eigenvalue weighted by Gasteiger charge is 2.25. The first-order valence-electron chi connectivity index (χ1n) is 9.68. The molecule has 0 bridgehead atoms. The Balaban J connectivity index is 1.82. The van der Waals surface area contributed by atoms with Gasteiger partial charge in [0.25, 0.3) is 0 Å². The third-order valence-corrected chi connectivity index (χ3v) is 4.92. The van der Waals surface area contributed by atoms with Crippen LogP contribution in [0.5, 0.6) is 0 Å². The lowest BCUT2D eigenvalue weighted by Gasteiger charge is -2.23. The molecule has 0 aliphatic heterocycles. The zero-order chi connectivity index (χ0) is 19.7. The lowest BCUT2D eigenvalue weighted by molar-refractivity contribution is -0.155. The van der Waals surface area contributed by atoms with E-state index in [4.69, 9.17) is 4.74 Å². The van der Waals surface area contributed by atoms with Gasteiger partial charge in [-0.25, -0.2) is 0 Å². The van der Waals surface area contributed by atoms with Crippen LogP contribution in [0.15, 0.2) is 72.8 Å². The van der Waals surface area contributed by atoms with E-state index in [1.165, 1.54) is 5.39 Å². The quantitative estimate of drug-likeness (QED) is 0.435. The summed E-state index contributed by atoms with van der Waals surface area (Å²) in [6.45, 7) is 5.71. The molecule has 28 heavy (non-hydrogen) atoms. The molecule has 4 rings (SSSR count). The van der Waals surface area contributed by atoms with E-state index < -0.39 is 5.60 Å². The first-order valence-corrected chi connectivity index (χ1v) is 9.68. The summed E-state index contributed by atoms with van der Waals surface area (Å²) in [6.07, 6.45) is 0.290. The first kappa shape index (κ1) is 18.3. The van der Waals surface area contributed by atoms with Crippen LogP contribution in [-0.2, 0) is 9.53 Å². The van der Waals surface area contributed by atoms with E-state index in [0.29, 0.717) is 0 Å². The van der Waals surface area contributed by atoms with Crippen molar-refractivity contribution in [3.63, 3.8) is 0 Å². The fourth-order valence-corrected chi connectivity index (χ4v) is 3.78. The Hall–Kier alpha value is -3.07. The average Bonchev–Trinajstić information content (AvgIpc) is 3.08. The lowest BCUT2D eigenvalue weighted by Crippen LogP contribution is -2.25. The van der Waals surface area contributed by atoms with Crippen molar-refractivity contribution in [1.29, 1.82) is 0 Å². The van der Waals surface area contributed by atoms with Crippen LogP contribution >= 0.6 is 0 Å². The van der Waals surface area contributed by atoms with Crippen molar-refractivity contribution >= 4 is 27.6 Å². The standard InChI is InChI=1S/C25H25NO2/c1-25(2,3)28-24(27)16-21(23-15-18-10-5-7-14-22(18)26-23)20-13-8-11-17-9-4-6-12-19(17)20/h4-15,21,26H,16H2,1-3H3. The van der Waals surface area contributed by atoms with Crippen LogP contribution in [0.1, 0.15) is 44.4 Å². The van der Waals surface area contributed by atoms with Crippen molar-refractivity contribution in [3.05, 3.63) is 84.1 Å². The smallest absolute Gasteiger partial charge is 0.307 e. The maximum absolute atomic E-state index is 12.7. The third kappa shape index (κ3) is 3.79. The molecule has 0 fully saturated rings. The molecule has 1 N–H and O–H groups in total. The molecule has 1 unspecified atom stereocenters. The number of benzene rings is 3. The number of hydrogen-bond acceptors (Lipinski definition) is 2. The van der Waals surface area contributed by atoms with Crippen LogP contribution in [0.3, 0.4) is 0 Å². The minimum Gasteiger partial charge on any atom is -0.460 e. The van der Waals surface area contributed by atoms with E-state index in [9.17, 15) is 4.79 Å². The second-order valence-electron chi connectivity index (χ2n) is 8.22. The Bertz CT molecular complexity index is 1100. The summed E-state index contributed by atoms with van der Waals surface area (Å²) in [5.41, 5.74) is 2.74. The number of aromatic amines is 1. The van der Waals surface area contributed by atoms with Crippen molar-refractivity contribution in [3.8, 4) is 0 Å². The molecule has 4 aromatic rings. The summed E-state index contributed by atoms with van der Waals surface area (Å²) in [5.74, 6) is -0.294. The van der Waals surface area contributed by atoms with E-state index in [1.807, 2.05) is 45.0 Å². The van der Waals surface area contributed by atoms with Gasteiger partial charge in [-0.15, -0.1) is 0 Å². The monoisotopic (exact) mass is 371 g/mol. The molecule has 3 heteroatoms. The van der Waals surface area contributed by atoms with Gasteiger partial charge >= 0.3 is 5.97 Å². The maximum Gasteiger partial charge on any atom is 0.307 e. The molecule has 142 valence electrons. The minimum atomic E-state index is -0.499. The number of carbonyl (C=O) groups is 1. The van der Waals surface area contributed by atoms with Gasteiger partial charge < -0.3 is 9.72 Å². The van der Waals surface area contributed by atoms with Crippen molar-refractivity contribution in [2.24, 2.45) is 0 Å². The number of carbonyl (C=O) groups excluding carboxylic acids is 1. The number of H-pyrrole nitrogens is 1. The second kappa shape index (κ2) is 7.16. The summed E-state index contributed by atoms with van der Waals surface area (Å²) in [4.78, 5) is 16.3. The fourth-order valence-electron chi connectivity index (χ4n) is 3.78. The van der Waals surface area contributed by atoms with Crippen LogP contribution in [0.4, 0.5) is 0 Å². The SMILES string of the molecule is CC(C)(C)OC(=O)CC(c1cc2ccccc2[nH]1)c1cccc2ccccc12. The van der Waals surface area contributed by atoms with Gasteiger partial charge in [0.05, 0.1) is 6.42 Å². The molecular formula is C25H25NO2. The fraction of sp³-hybridized carbons (Fsp3) is 0.240. The van der Waals surface area contributed by atoms with Gasteiger partial charge in [-0.1, -0.05) is 60.7 Å². The summed E-state index contributed by atoms with van der Waals surface area (Å²) in [6, 6.07) is 24.9. The number of rotatable bonds is 4. The van der Waals surface area contributed by atoms with Crippen LogP contribution in [0.25, 0.3) is 21.7 Å². The second-order valence-corrected chi connectivity index (χ2v) is 8.22. The van der Waals surface area contributed by atoms with Crippen molar-refractivity contribution < 1.29 is 9.53 Å². The Morgan fingerprint density at radius 1 is 0.929 bits per heavy atom. The van der Waals surface area contributed by atoms with Gasteiger partial charge in [0, 0.05) is 17.1 Å². The van der Waals surface area contributed by atoms with Gasteiger partial charge in [-0.05, 0) is 54.6 Å². The number of fused-ring (bicyclic) bond motifs is 2. The molecular weight excluding hydrogens is 346 g/mol. The van der Waals surface area contributed by atoms with Crippen LogP contribution < -0.4 is 0 Å². The predicted molar refractivity (Wildman–Crippen MR) is 115 cm³/mol. The topological polar surface area (TPSA) is 42.1 Å². The lowest BCUT2D eigenvalue weighted by atomic mass is 9.88. The summed E-state index contributed by atoms with van der Waals surface area (Å²) < 4.78 is 5.64. The zero-order valence-corrected chi connectivity index (χ0v) is 16.5. The maximum atomic E-state index is 12.7. The molecule has 1 heterocycles. The van der Waals surface area contributed by atoms with E-state index in [0.717, 1.165) is 27.5 Å². The first-order chi connectivity index (χ1) is 13.4. The van der Waals surface area contributed by atoms with E-state index in [1.54, 1.807) is 0 Å². The van der Waals surface area contributed by atoms with E-state index >= 15 is 0 Å². The molecule has 0 spiro atoms. The van der Waals surface area contributed by atoms with E-state index in [-0.39, 0.29) is 18.3 Å². The molecule has 0 radical (unpaired) electrons. The molecule has 0 saturated heterocycles. The van der Waals surface area contributed by atoms with Gasteiger partial charge in [-0.2, -0.15) is 0 Å². The summed E-state index contributed by atoms with van der Waals surface area (Å²) in [7, 11) is 0. The van der Waals surface area contributed by atoms with Gasteiger partial charge in [0.15, 0.2) is 0 Å². The third-order valence-electron chi connectivity index (χ3n) is 4.92. The molecule has 0 amide bonds. The molecule has 3 aromatic carbocycles. The predicted octanol–water partition coefficient (Wildman–Crippen LogP) is 6.18. The molecule has 3 nitrogen and oxygen atoms in total. The van der Waals surface area contributed by atoms with Gasteiger partial charge in [0.1, 0.15) is 5.60 Å². The largest absolute Gasteiger partial charge is 0.460 e. The summed E-state index contributed by atoms with van der Waals surface area (Å²) >= 11 is 0. The normalized spacial score (nSPS) is 13.0. The Morgan fingerprint density at radius 2 is 1.61 bits per heavy atom. The Labute approximate surface area is 165 Å². The van der Waals surface area contributed by atoms with Crippen molar-refractivity contribution in [2.75, 3.05) is 0 Å². The minimum absolute atomic E-state index is 0.103.